The van der Waals surface area contributed by atoms with Crippen LogP contribution in [0, 0.1) is 0 Å². The molecule has 0 radical (unpaired) electrons. The number of aryl methyl sites for hydroxylation is 1. The van der Waals surface area contributed by atoms with Crippen LogP contribution in [0.15, 0.2) is 47.4 Å². The van der Waals surface area contributed by atoms with Gasteiger partial charge in [-0.3, -0.25) is 4.79 Å². The van der Waals surface area contributed by atoms with E-state index in [2.05, 4.69) is 0 Å². The van der Waals surface area contributed by atoms with Crippen LogP contribution in [0.5, 0.6) is 0 Å². The third-order valence-corrected chi connectivity index (χ3v) is 4.62. The second-order valence-electron chi connectivity index (χ2n) is 6.33. The Morgan fingerprint density at radius 1 is 1.20 bits per heavy atom. The van der Waals surface area contributed by atoms with Crippen molar-refractivity contribution in [2.24, 2.45) is 5.73 Å². The first-order valence-electron chi connectivity index (χ1n) is 8.42. The fourth-order valence-electron chi connectivity index (χ4n) is 3.31. The minimum Gasteiger partial charge on any atom is -0.477 e. The molecule has 0 amide bonds. The Labute approximate surface area is 145 Å². The molecule has 3 N–H and O–H groups in total. The summed E-state index contributed by atoms with van der Waals surface area (Å²) in [6.07, 6.45) is 3.43. The molecule has 1 fully saturated rings. The predicted octanol–water partition coefficient (Wildman–Crippen LogP) is 1.62. The molecule has 0 saturated carbocycles. The van der Waals surface area contributed by atoms with Gasteiger partial charge >= 0.3 is 5.97 Å². The van der Waals surface area contributed by atoms with Gasteiger partial charge in [0.25, 0.3) is 0 Å². The first kappa shape index (κ1) is 17.4. The first-order chi connectivity index (χ1) is 12.1. The van der Waals surface area contributed by atoms with Gasteiger partial charge in [-0.05, 0) is 24.8 Å². The van der Waals surface area contributed by atoms with Crippen molar-refractivity contribution >= 4 is 5.97 Å². The Morgan fingerprint density at radius 2 is 1.96 bits per heavy atom. The third kappa shape index (κ3) is 3.81. The molecule has 2 heterocycles. The molecular weight excluding hydrogens is 320 g/mol. The number of pyridine rings is 1. The lowest BCUT2D eigenvalue weighted by Gasteiger charge is -2.22. The topological polar surface area (TPSA) is 94.5 Å². The van der Waals surface area contributed by atoms with E-state index < -0.39 is 5.97 Å². The molecule has 1 aliphatic rings. The van der Waals surface area contributed by atoms with Gasteiger partial charge in [-0.25, -0.2) is 4.79 Å². The van der Waals surface area contributed by atoms with Crippen molar-refractivity contribution in [2.75, 3.05) is 13.2 Å². The van der Waals surface area contributed by atoms with Gasteiger partial charge in [0.05, 0.1) is 25.3 Å². The first-order valence-corrected chi connectivity index (χ1v) is 8.42. The fourth-order valence-corrected chi connectivity index (χ4v) is 3.31. The van der Waals surface area contributed by atoms with E-state index in [1.165, 1.54) is 17.8 Å². The van der Waals surface area contributed by atoms with Gasteiger partial charge in [0.1, 0.15) is 5.69 Å². The number of hydrogen-bond donors (Lipinski definition) is 2. The number of rotatable bonds is 6. The van der Waals surface area contributed by atoms with E-state index in [1.54, 1.807) is 4.57 Å². The standard InChI is InChI=1S/C19H22N2O4/c20-15-11-25-12-16(15)21-10-9-17(22)14(18(21)19(23)24)8-4-7-13-5-2-1-3-6-13/h1-3,5-6,9-10,15-16H,4,7-8,11-12,20H2,(H,23,24)/t15-,16-/m1/s1. The van der Waals surface area contributed by atoms with Gasteiger partial charge in [0.15, 0.2) is 5.43 Å². The zero-order valence-electron chi connectivity index (χ0n) is 13.9. The van der Waals surface area contributed by atoms with Crippen molar-refractivity contribution < 1.29 is 14.6 Å². The molecule has 1 aromatic heterocycles. The quantitative estimate of drug-likeness (QED) is 0.832. The minimum absolute atomic E-state index is 0.0338. The Hall–Kier alpha value is -2.44. The second kappa shape index (κ2) is 7.63. The van der Waals surface area contributed by atoms with Gasteiger partial charge in [-0.15, -0.1) is 0 Å². The maximum absolute atomic E-state index is 12.3. The summed E-state index contributed by atoms with van der Waals surface area (Å²) in [6.45, 7) is 0.743. The summed E-state index contributed by atoms with van der Waals surface area (Å²) in [6, 6.07) is 10.8. The van der Waals surface area contributed by atoms with Gasteiger partial charge in [0, 0.05) is 17.8 Å². The van der Waals surface area contributed by atoms with Crippen LogP contribution in [-0.2, 0) is 17.6 Å². The lowest BCUT2D eigenvalue weighted by molar-refractivity contribution is 0.0678. The summed E-state index contributed by atoms with van der Waals surface area (Å²) in [5.41, 5.74) is 7.33. The molecule has 1 aromatic carbocycles. The van der Waals surface area contributed by atoms with Crippen molar-refractivity contribution in [1.29, 1.82) is 0 Å². The normalized spacial score (nSPS) is 19.9. The van der Waals surface area contributed by atoms with E-state index in [4.69, 9.17) is 10.5 Å². The summed E-state index contributed by atoms with van der Waals surface area (Å²) in [4.78, 5) is 24.1. The number of carboxylic acid groups (broad SMARTS) is 1. The molecule has 25 heavy (non-hydrogen) atoms. The highest BCUT2D eigenvalue weighted by atomic mass is 16.5. The molecule has 132 valence electrons. The van der Waals surface area contributed by atoms with E-state index in [9.17, 15) is 14.7 Å². The monoisotopic (exact) mass is 342 g/mol. The third-order valence-electron chi connectivity index (χ3n) is 4.62. The number of aromatic nitrogens is 1. The number of ether oxygens (including phenoxy) is 1. The van der Waals surface area contributed by atoms with Crippen LogP contribution < -0.4 is 11.2 Å². The number of aromatic carboxylic acids is 1. The van der Waals surface area contributed by atoms with Crippen LogP contribution in [-0.4, -0.2) is 34.9 Å². The smallest absolute Gasteiger partial charge is 0.352 e. The fraction of sp³-hybridized carbons (Fsp3) is 0.368. The number of nitrogens with zero attached hydrogens (tertiary/aromatic N) is 1. The van der Waals surface area contributed by atoms with E-state index in [0.29, 0.717) is 31.6 Å². The molecule has 0 spiro atoms. The van der Waals surface area contributed by atoms with Crippen molar-refractivity contribution in [2.45, 2.75) is 31.3 Å². The highest BCUT2D eigenvalue weighted by Gasteiger charge is 2.30. The van der Waals surface area contributed by atoms with Crippen LogP contribution in [0.25, 0.3) is 0 Å². The lowest BCUT2D eigenvalue weighted by Crippen LogP contribution is -2.34. The average Bonchev–Trinajstić information content (AvgIpc) is 3.02. The molecule has 0 unspecified atom stereocenters. The maximum Gasteiger partial charge on any atom is 0.352 e. The number of carbonyl (C=O) groups is 1. The zero-order valence-corrected chi connectivity index (χ0v) is 13.9. The van der Waals surface area contributed by atoms with Crippen LogP contribution in [0.3, 0.4) is 0 Å². The molecule has 6 nitrogen and oxygen atoms in total. The Kier molecular flexibility index (Phi) is 5.31. The summed E-state index contributed by atoms with van der Waals surface area (Å²) in [5.74, 6) is -1.11. The summed E-state index contributed by atoms with van der Waals surface area (Å²) < 4.78 is 6.95. The van der Waals surface area contributed by atoms with Crippen LogP contribution in [0.1, 0.15) is 34.1 Å². The number of hydrogen-bond acceptors (Lipinski definition) is 4. The lowest BCUT2D eigenvalue weighted by atomic mass is 10.0. The van der Waals surface area contributed by atoms with Crippen molar-refractivity contribution in [3.8, 4) is 0 Å². The molecule has 2 atom stereocenters. The summed E-state index contributed by atoms with van der Waals surface area (Å²) >= 11 is 0. The molecule has 1 saturated heterocycles. The number of nitrogens with two attached hydrogens (primary N) is 1. The highest BCUT2D eigenvalue weighted by Crippen LogP contribution is 2.22. The number of carboxylic acids is 1. The maximum atomic E-state index is 12.3. The van der Waals surface area contributed by atoms with Crippen molar-refractivity contribution in [1.82, 2.24) is 4.57 Å². The minimum atomic E-state index is -1.11. The van der Waals surface area contributed by atoms with E-state index >= 15 is 0 Å². The molecule has 0 bridgehead atoms. The van der Waals surface area contributed by atoms with Crippen LogP contribution >= 0.6 is 0 Å². The molecule has 1 aliphatic heterocycles. The molecule has 6 heteroatoms. The van der Waals surface area contributed by atoms with Gasteiger partial charge in [-0.2, -0.15) is 0 Å². The predicted molar refractivity (Wildman–Crippen MR) is 94.0 cm³/mol. The van der Waals surface area contributed by atoms with Gasteiger partial charge in [-0.1, -0.05) is 30.3 Å². The molecule has 2 aromatic rings. The molecular formula is C19H22N2O4. The molecule has 3 rings (SSSR count). The van der Waals surface area contributed by atoms with Crippen molar-refractivity contribution in [3.63, 3.8) is 0 Å². The van der Waals surface area contributed by atoms with E-state index in [-0.39, 0.29) is 23.2 Å². The Morgan fingerprint density at radius 3 is 2.60 bits per heavy atom. The van der Waals surface area contributed by atoms with Gasteiger partial charge in [0.2, 0.25) is 0 Å². The Bertz CT molecular complexity index is 801. The largest absolute Gasteiger partial charge is 0.477 e. The summed E-state index contributed by atoms with van der Waals surface area (Å²) in [7, 11) is 0. The van der Waals surface area contributed by atoms with E-state index in [1.807, 2.05) is 30.3 Å². The Balaban J connectivity index is 1.87. The second-order valence-corrected chi connectivity index (χ2v) is 6.33. The van der Waals surface area contributed by atoms with Gasteiger partial charge < -0.3 is 20.1 Å². The SMILES string of the molecule is N[C@@H]1COC[C@H]1n1ccc(=O)c(CCCc2ccccc2)c1C(=O)O. The average molecular weight is 342 g/mol. The summed E-state index contributed by atoms with van der Waals surface area (Å²) in [5, 5.41) is 9.69. The van der Waals surface area contributed by atoms with Crippen LogP contribution in [0.2, 0.25) is 0 Å². The van der Waals surface area contributed by atoms with E-state index in [0.717, 1.165) is 6.42 Å². The number of benzene rings is 1. The zero-order chi connectivity index (χ0) is 17.8. The molecule has 0 aliphatic carbocycles. The highest BCUT2D eigenvalue weighted by molar-refractivity contribution is 5.87. The van der Waals surface area contributed by atoms with Crippen LogP contribution in [0.4, 0.5) is 0 Å². The van der Waals surface area contributed by atoms with Crippen molar-refractivity contribution in [3.05, 3.63) is 69.6 Å².